The number of nitrogen functional groups attached to an aromatic ring is 1. The standard InChI is InChI=1S/C9H8Cl2N4OS/c10-6-2-1-5(3-7(6)11)16-4-8-13-14-9(17)15(8)12/h1-3H,4,12H2,(H,14,17). The number of benzene rings is 1. The van der Waals surface area contributed by atoms with Crippen molar-refractivity contribution in [3.63, 3.8) is 0 Å². The lowest BCUT2D eigenvalue weighted by molar-refractivity contribution is 0.292. The summed E-state index contributed by atoms with van der Waals surface area (Å²) in [4.78, 5) is 0. The van der Waals surface area contributed by atoms with Crippen LogP contribution in [-0.4, -0.2) is 14.9 Å². The molecule has 0 unspecified atom stereocenters. The molecule has 0 saturated heterocycles. The summed E-state index contributed by atoms with van der Waals surface area (Å²) in [5.74, 6) is 6.68. The van der Waals surface area contributed by atoms with Gasteiger partial charge in [-0.25, -0.2) is 4.68 Å². The van der Waals surface area contributed by atoms with E-state index in [-0.39, 0.29) is 6.61 Å². The molecule has 8 heteroatoms. The highest BCUT2D eigenvalue weighted by Gasteiger charge is 2.05. The van der Waals surface area contributed by atoms with Crippen LogP contribution in [0.5, 0.6) is 5.75 Å². The monoisotopic (exact) mass is 290 g/mol. The predicted octanol–water partition coefficient (Wildman–Crippen LogP) is 2.54. The minimum Gasteiger partial charge on any atom is -0.485 e. The quantitative estimate of drug-likeness (QED) is 0.673. The molecule has 2 aromatic rings. The molecule has 0 aliphatic heterocycles. The first-order valence-electron chi connectivity index (χ1n) is 4.57. The predicted molar refractivity (Wildman–Crippen MR) is 68.4 cm³/mol. The number of aromatic nitrogens is 3. The molecule has 3 N–H and O–H groups in total. The maximum absolute atomic E-state index is 5.85. The zero-order valence-electron chi connectivity index (χ0n) is 8.48. The molecule has 1 aromatic carbocycles. The highest BCUT2D eigenvalue weighted by Crippen LogP contribution is 2.26. The van der Waals surface area contributed by atoms with E-state index in [1.165, 1.54) is 4.68 Å². The Morgan fingerprint density at radius 2 is 2.18 bits per heavy atom. The van der Waals surface area contributed by atoms with Gasteiger partial charge in [0.2, 0.25) is 4.77 Å². The lowest BCUT2D eigenvalue weighted by atomic mass is 10.3. The lowest BCUT2D eigenvalue weighted by Crippen LogP contribution is -2.14. The smallest absolute Gasteiger partial charge is 0.214 e. The van der Waals surface area contributed by atoms with Crippen LogP contribution in [0.2, 0.25) is 10.0 Å². The average molecular weight is 291 g/mol. The third kappa shape index (κ3) is 2.71. The summed E-state index contributed by atoms with van der Waals surface area (Å²) in [6.45, 7) is 0.182. The number of rotatable bonds is 3. The second kappa shape index (κ2) is 4.95. The van der Waals surface area contributed by atoms with Crippen molar-refractivity contribution in [1.82, 2.24) is 14.9 Å². The van der Waals surface area contributed by atoms with Crippen LogP contribution in [0, 0.1) is 4.77 Å². The van der Waals surface area contributed by atoms with Gasteiger partial charge in [-0.05, 0) is 24.4 Å². The lowest BCUT2D eigenvalue weighted by Gasteiger charge is -2.06. The average Bonchev–Trinajstić information content (AvgIpc) is 2.62. The number of halogens is 2. The summed E-state index contributed by atoms with van der Waals surface area (Å²) >= 11 is 16.5. The van der Waals surface area contributed by atoms with Crippen molar-refractivity contribution in [2.45, 2.75) is 6.61 Å². The number of nitrogens with zero attached hydrogens (tertiary/aromatic N) is 2. The van der Waals surface area contributed by atoms with Gasteiger partial charge in [0, 0.05) is 6.07 Å². The molecular weight excluding hydrogens is 283 g/mol. The second-order valence-electron chi connectivity index (χ2n) is 3.18. The van der Waals surface area contributed by atoms with E-state index < -0.39 is 0 Å². The third-order valence-electron chi connectivity index (χ3n) is 2.04. The van der Waals surface area contributed by atoms with E-state index in [2.05, 4.69) is 10.2 Å². The Hall–Kier alpha value is -1.24. The van der Waals surface area contributed by atoms with Gasteiger partial charge in [-0.2, -0.15) is 5.10 Å². The van der Waals surface area contributed by atoms with E-state index in [9.17, 15) is 0 Å². The highest BCUT2D eigenvalue weighted by atomic mass is 35.5. The molecule has 0 amide bonds. The Kier molecular flexibility index (Phi) is 3.56. The fourth-order valence-electron chi connectivity index (χ4n) is 1.15. The molecule has 0 radical (unpaired) electrons. The molecule has 0 spiro atoms. The van der Waals surface area contributed by atoms with E-state index >= 15 is 0 Å². The molecule has 2 rings (SSSR count). The van der Waals surface area contributed by atoms with E-state index in [1.54, 1.807) is 18.2 Å². The minimum atomic E-state index is 0.182. The van der Waals surface area contributed by atoms with Crippen molar-refractivity contribution in [2.75, 3.05) is 5.84 Å². The summed E-state index contributed by atoms with van der Waals surface area (Å²) in [5.41, 5.74) is 0. The Labute approximate surface area is 112 Å². The van der Waals surface area contributed by atoms with Gasteiger partial charge in [0.1, 0.15) is 12.4 Å². The van der Waals surface area contributed by atoms with Crippen LogP contribution in [0.25, 0.3) is 0 Å². The van der Waals surface area contributed by atoms with Gasteiger partial charge in [-0.1, -0.05) is 23.2 Å². The van der Waals surface area contributed by atoms with E-state index in [0.717, 1.165) is 0 Å². The number of ether oxygens (including phenoxy) is 1. The molecule has 90 valence electrons. The van der Waals surface area contributed by atoms with Crippen LogP contribution >= 0.6 is 35.4 Å². The number of nitrogens with one attached hydrogen (secondary N) is 1. The highest BCUT2D eigenvalue weighted by molar-refractivity contribution is 7.71. The van der Waals surface area contributed by atoms with Gasteiger partial charge in [-0.3, -0.25) is 5.10 Å². The largest absolute Gasteiger partial charge is 0.485 e. The number of aromatic amines is 1. The molecule has 0 saturated carbocycles. The van der Waals surface area contributed by atoms with Gasteiger partial charge in [0.25, 0.3) is 0 Å². The van der Waals surface area contributed by atoms with E-state index in [0.29, 0.717) is 26.4 Å². The van der Waals surface area contributed by atoms with Crippen molar-refractivity contribution in [3.8, 4) is 5.75 Å². The first-order chi connectivity index (χ1) is 8.08. The zero-order chi connectivity index (χ0) is 12.4. The minimum absolute atomic E-state index is 0.182. The maximum Gasteiger partial charge on any atom is 0.214 e. The summed E-state index contributed by atoms with van der Waals surface area (Å²) in [7, 11) is 0. The van der Waals surface area contributed by atoms with Gasteiger partial charge in [0.05, 0.1) is 10.0 Å². The van der Waals surface area contributed by atoms with Crippen molar-refractivity contribution in [3.05, 3.63) is 38.8 Å². The fourth-order valence-corrected chi connectivity index (χ4v) is 1.59. The molecule has 0 fully saturated rings. The Morgan fingerprint density at radius 3 is 2.76 bits per heavy atom. The molecule has 1 aromatic heterocycles. The molecule has 0 atom stereocenters. The molecule has 0 aliphatic carbocycles. The van der Waals surface area contributed by atoms with Crippen molar-refractivity contribution < 1.29 is 4.74 Å². The molecule has 1 heterocycles. The van der Waals surface area contributed by atoms with Gasteiger partial charge in [0.15, 0.2) is 5.82 Å². The maximum atomic E-state index is 5.85. The number of hydrogen-bond acceptors (Lipinski definition) is 4. The first-order valence-corrected chi connectivity index (χ1v) is 5.73. The van der Waals surface area contributed by atoms with E-state index in [4.69, 9.17) is 46.0 Å². The van der Waals surface area contributed by atoms with Crippen LogP contribution in [0.1, 0.15) is 5.82 Å². The summed E-state index contributed by atoms with van der Waals surface area (Å²) in [5, 5.41) is 7.36. The number of nitrogens with two attached hydrogens (primary N) is 1. The van der Waals surface area contributed by atoms with Crippen molar-refractivity contribution in [1.29, 1.82) is 0 Å². The number of H-pyrrole nitrogens is 1. The van der Waals surface area contributed by atoms with Crippen LogP contribution in [0.3, 0.4) is 0 Å². The fraction of sp³-hybridized carbons (Fsp3) is 0.111. The number of hydrogen-bond donors (Lipinski definition) is 2. The molecule has 0 aliphatic rings. The second-order valence-corrected chi connectivity index (χ2v) is 4.38. The summed E-state index contributed by atoms with van der Waals surface area (Å²) < 4.78 is 7.02. The third-order valence-corrected chi connectivity index (χ3v) is 3.06. The Balaban J connectivity index is 2.10. The van der Waals surface area contributed by atoms with E-state index in [1.807, 2.05) is 0 Å². The SMILES string of the molecule is Nn1c(COc2ccc(Cl)c(Cl)c2)n[nH]c1=S. The summed E-state index contributed by atoms with van der Waals surface area (Å²) in [6.07, 6.45) is 0. The normalized spacial score (nSPS) is 10.5. The summed E-state index contributed by atoms with van der Waals surface area (Å²) in [6, 6.07) is 4.97. The van der Waals surface area contributed by atoms with Crippen molar-refractivity contribution in [2.24, 2.45) is 0 Å². The van der Waals surface area contributed by atoms with Crippen LogP contribution in [0.4, 0.5) is 0 Å². The molecule has 5 nitrogen and oxygen atoms in total. The van der Waals surface area contributed by atoms with Crippen molar-refractivity contribution >= 4 is 35.4 Å². The molecular formula is C9H8Cl2N4OS. The molecule has 0 bridgehead atoms. The Morgan fingerprint density at radius 1 is 1.41 bits per heavy atom. The Bertz CT molecular complexity index is 595. The first kappa shape index (κ1) is 12.2. The molecule has 17 heavy (non-hydrogen) atoms. The van der Waals surface area contributed by atoms with Crippen LogP contribution in [0.15, 0.2) is 18.2 Å². The van der Waals surface area contributed by atoms with Crippen LogP contribution in [-0.2, 0) is 6.61 Å². The van der Waals surface area contributed by atoms with Gasteiger partial charge >= 0.3 is 0 Å². The topological polar surface area (TPSA) is 68.9 Å². The zero-order valence-corrected chi connectivity index (χ0v) is 10.8. The van der Waals surface area contributed by atoms with Gasteiger partial charge in [-0.15, -0.1) is 0 Å². The van der Waals surface area contributed by atoms with Gasteiger partial charge < -0.3 is 10.6 Å². The van der Waals surface area contributed by atoms with Crippen LogP contribution < -0.4 is 10.6 Å².